The van der Waals surface area contributed by atoms with Gasteiger partial charge in [-0.25, -0.2) is 8.78 Å². The molecule has 1 atom stereocenters. The summed E-state index contributed by atoms with van der Waals surface area (Å²) >= 11 is 1.63. The summed E-state index contributed by atoms with van der Waals surface area (Å²) in [6, 6.07) is 11.8. The maximum absolute atomic E-state index is 13.4. The summed E-state index contributed by atoms with van der Waals surface area (Å²) < 4.78 is 26.4. The molecule has 0 aliphatic heterocycles. The van der Waals surface area contributed by atoms with Crippen LogP contribution in [0, 0.1) is 11.6 Å². The number of nitrogens with one attached hydrogen (secondary N) is 1. The van der Waals surface area contributed by atoms with Crippen LogP contribution < -0.4 is 5.32 Å². The SMILES string of the molecule is CNC(c1ccc(F)c(F)c1)c1ccccc1SC. The lowest BCUT2D eigenvalue weighted by atomic mass is 9.98. The van der Waals surface area contributed by atoms with E-state index in [1.54, 1.807) is 17.8 Å². The monoisotopic (exact) mass is 279 g/mol. The van der Waals surface area contributed by atoms with E-state index in [1.807, 2.05) is 37.6 Å². The normalized spacial score (nSPS) is 12.4. The Balaban J connectivity index is 2.46. The molecule has 0 radical (unpaired) electrons. The van der Waals surface area contributed by atoms with Crippen molar-refractivity contribution in [3.8, 4) is 0 Å². The van der Waals surface area contributed by atoms with Crippen LogP contribution in [-0.4, -0.2) is 13.3 Å². The highest BCUT2D eigenvalue weighted by Gasteiger charge is 2.16. The second-order valence-corrected chi connectivity index (χ2v) is 4.99. The zero-order valence-corrected chi connectivity index (χ0v) is 11.6. The van der Waals surface area contributed by atoms with Gasteiger partial charge in [-0.1, -0.05) is 24.3 Å². The van der Waals surface area contributed by atoms with Crippen LogP contribution in [0.1, 0.15) is 17.2 Å². The maximum Gasteiger partial charge on any atom is 0.159 e. The molecule has 0 saturated carbocycles. The highest BCUT2D eigenvalue weighted by Crippen LogP contribution is 2.30. The van der Waals surface area contributed by atoms with Crippen LogP contribution in [0.2, 0.25) is 0 Å². The molecule has 19 heavy (non-hydrogen) atoms. The molecule has 0 spiro atoms. The van der Waals surface area contributed by atoms with Gasteiger partial charge in [0.15, 0.2) is 11.6 Å². The van der Waals surface area contributed by atoms with Crippen molar-refractivity contribution in [3.05, 3.63) is 65.2 Å². The molecular formula is C15H15F2NS. The second kappa shape index (κ2) is 6.17. The number of benzene rings is 2. The van der Waals surface area contributed by atoms with E-state index in [-0.39, 0.29) is 6.04 Å². The fourth-order valence-electron chi connectivity index (χ4n) is 2.10. The van der Waals surface area contributed by atoms with Gasteiger partial charge in [-0.2, -0.15) is 0 Å². The van der Waals surface area contributed by atoms with Crippen LogP contribution in [0.25, 0.3) is 0 Å². The summed E-state index contributed by atoms with van der Waals surface area (Å²) in [5.41, 5.74) is 1.77. The van der Waals surface area contributed by atoms with E-state index in [1.165, 1.54) is 6.07 Å². The first-order chi connectivity index (χ1) is 9.17. The quantitative estimate of drug-likeness (QED) is 0.849. The van der Waals surface area contributed by atoms with Crippen molar-refractivity contribution >= 4 is 11.8 Å². The third-order valence-corrected chi connectivity index (χ3v) is 3.83. The van der Waals surface area contributed by atoms with Crippen molar-refractivity contribution in [2.75, 3.05) is 13.3 Å². The Hall–Kier alpha value is -1.39. The van der Waals surface area contributed by atoms with Crippen molar-refractivity contribution in [1.29, 1.82) is 0 Å². The van der Waals surface area contributed by atoms with Gasteiger partial charge in [0.25, 0.3) is 0 Å². The molecule has 100 valence electrons. The Morgan fingerprint density at radius 2 is 1.79 bits per heavy atom. The van der Waals surface area contributed by atoms with Gasteiger partial charge in [0, 0.05) is 4.90 Å². The van der Waals surface area contributed by atoms with Crippen molar-refractivity contribution < 1.29 is 8.78 Å². The van der Waals surface area contributed by atoms with Gasteiger partial charge >= 0.3 is 0 Å². The molecule has 2 aromatic carbocycles. The molecule has 0 saturated heterocycles. The minimum atomic E-state index is -0.822. The molecule has 2 rings (SSSR count). The van der Waals surface area contributed by atoms with Crippen LogP contribution in [0.5, 0.6) is 0 Å². The summed E-state index contributed by atoms with van der Waals surface area (Å²) in [5.74, 6) is -1.64. The van der Waals surface area contributed by atoms with Gasteiger partial charge in [0.2, 0.25) is 0 Å². The van der Waals surface area contributed by atoms with Crippen LogP contribution >= 0.6 is 11.8 Å². The van der Waals surface area contributed by atoms with Crippen LogP contribution in [-0.2, 0) is 0 Å². The Morgan fingerprint density at radius 1 is 1.05 bits per heavy atom. The first-order valence-corrected chi connectivity index (χ1v) is 7.15. The standard InChI is InChI=1S/C15H15F2NS/c1-18-15(10-7-8-12(16)13(17)9-10)11-5-3-4-6-14(11)19-2/h3-9,15,18H,1-2H3. The zero-order valence-electron chi connectivity index (χ0n) is 10.8. The van der Waals surface area contributed by atoms with E-state index in [0.29, 0.717) is 5.56 Å². The number of thioether (sulfide) groups is 1. The van der Waals surface area contributed by atoms with Gasteiger partial charge in [-0.15, -0.1) is 11.8 Å². The molecule has 0 amide bonds. The Kier molecular flexibility index (Phi) is 4.56. The van der Waals surface area contributed by atoms with Crippen molar-refractivity contribution in [2.45, 2.75) is 10.9 Å². The average molecular weight is 279 g/mol. The Bertz CT molecular complexity index is 572. The molecule has 1 N–H and O–H groups in total. The third-order valence-electron chi connectivity index (χ3n) is 3.02. The van der Waals surface area contributed by atoms with Crippen LogP contribution in [0.15, 0.2) is 47.4 Å². The molecule has 0 aromatic heterocycles. The Labute approximate surface area is 116 Å². The molecular weight excluding hydrogens is 264 g/mol. The van der Waals surface area contributed by atoms with Gasteiger partial charge in [0.1, 0.15) is 0 Å². The summed E-state index contributed by atoms with van der Waals surface area (Å²) in [5, 5.41) is 3.15. The van der Waals surface area contributed by atoms with Gasteiger partial charge in [-0.05, 0) is 42.6 Å². The minimum absolute atomic E-state index is 0.154. The summed E-state index contributed by atoms with van der Waals surface area (Å²) in [6.07, 6.45) is 2.00. The van der Waals surface area contributed by atoms with Crippen molar-refractivity contribution in [2.24, 2.45) is 0 Å². The lowest BCUT2D eigenvalue weighted by Crippen LogP contribution is -2.18. The molecule has 1 nitrogen and oxygen atoms in total. The van der Waals surface area contributed by atoms with E-state index in [4.69, 9.17) is 0 Å². The number of hydrogen-bond acceptors (Lipinski definition) is 2. The molecule has 0 heterocycles. The molecule has 4 heteroatoms. The second-order valence-electron chi connectivity index (χ2n) is 4.14. The van der Waals surface area contributed by atoms with Crippen LogP contribution in [0.4, 0.5) is 8.78 Å². The fraction of sp³-hybridized carbons (Fsp3) is 0.200. The fourth-order valence-corrected chi connectivity index (χ4v) is 2.73. The molecule has 0 aliphatic carbocycles. The number of hydrogen-bond donors (Lipinski definition) is 1. The first-order valence-electron chi connectivity index (χ1n) is 5.92. The molecule has 0 fully saturated rings. The molecule has 0 bridgehead atoms. The van der Waals surface area contributed by atoms with Crippen molar-refractivity contribution in [3.63, 3.8) is 0 Å². The lowest BCUT2D eigenvalue weighted by molar-refractivity contribution is 0.504. The van der Waals surface area contributed by atoms with Gasteiger partial charge in [0.05, 0.1) is 6.04 Å². The van der Waals surface area contributed by atoms with Gasteiger partial charge < -0.3 is 5.32 Å². The van der Waals surface area contributed by atoms with Crippen molar-refractivity contribution in [1.82, 2.24) is 5.32 Å². The number of halogens is 2. The number of rotatable bonds is 4. The highest BCUT2D eigenvalue weighted by molar-refractivity contribution is 7.98. The zero-order chi connectivity index (χ0) is 13.8. The summed E-state index contributed by atoms with van der Waals surface area (Å²) in [4.78, 5) is 1.12. The maximum atomic E-state index is 13.4. The molecule has 0 aliphatic rings. The molecule has 2 aromatic rings. The lowest BCUT2D eigenvalue weighted by Gasteiger charge is -2.20. The first kappa shape index (κ1) is 14.0. The van der Waals surface area contributed by atoms with E-state index in [9.17, 15) is 8.78 Å². The third kappa shape index (κ3) is 2.96. The van der Waals surface area contributed by atoms with E-state index >= 15 is 0 Å². The van der Waals surface area contributed by atoms with Gasteiger partial charge in [-0.3, -0.25) is 0 Å². The van der Waals surface area contributed by atoms with E-state index < -0.39 is 11.6 Å². The summed E-state index contributed by atoms with van der Waals surface area (Å²) in [6.45, 7) is 0. The average Bonchev–Trinajstić information content (AvgIpc) is 2.44. The summed E-state index contributed by atoms with van der Waals surface area (Å²) in [7, 11) is 1.81. The smallest absolute Gasteiger partial charge is 0.159 e. The van der Waals surface area contributed by atoms with Crippen LogP contribution in [0.3, 0.4) is 0 Å². The van der Waals surface area contributed by atoms with E-state index in [2.05, 4.69) is 5.32 Å². The van der Waals surface area contributed by atoms with E-state index in [0.717, 1.165) is 16.5 Å². The Morgan fingerprint density at radius 3 is 2.42 bits per heavy atom. The predicted molar refractivity (Wildman–Crippen MR) is 75.5 cm³/mol. The largest absolute Gasteiger partial charge is 0.309 e. The minimum Gasteiger partial charge on any atom is -0.309 e. The topological polar surface area (TPSA) is 12.0 Å². The highest BCUT2D eigenvalue weighted by atomic mass is 32.2. The molecule has 1 unspecified atom stereocenters. The predicted octanol–water partition coefficient (Wildman–Crippen LogP) is 4.00.